The van der Waals surface area contributed by atoms with Gasteiger partial charge in [0.15, 0.2) is 5.76 Å². The van der Waals surface area contributed by atoms with Crippen LogP contribution in [0.5, 0.6) is 0 Å². The molecule has 19 heavy (non-hydrogen) atoms. The van der Waals surface area contributed by atoms with Crippen LogP contribution in [0.4, 0.5) is 0 Å². The highest BCUT2D eigenvalue weighted by Crippen LogP contribution is 2.41. The van der Waals surface area contributed by atoms with Crippen LogP contribution >= 0.6 is 24.0 Å². The average molecular weight is 299 g/mol. The molecule has 4 nitrogen and oxygen atoms in total. The van der Waals surface area contributed by atoms with E-state index in [1.54, 1.807) is 36.4 Å². The number of rotatable bonds is 4. The van der Waals surface area contributed by atoms with Crippen LogP contribution in [-0.2, 0) is 0 Å². The van der Waals surface area contributed by atoms with Gasteiger partial charge in [-0.05, 0) is 37.1 Å². The van der Waals surface area contributed by atoms with E-state index in [0.29, 0.717) is 5.76 Å². The predicted molar refractivity (Wildman–Crippen MR) is 81.0 cm³/mol. The van der Waals surface area contributed by atoms with Crippen molar-refractivity contribution < 1.29 is 14.4 Å². The highest BCUT2D eigenvalue weighted by Gasteiger charge is 2.52. The number of thiocarbonyl (C=S) groups is 1. The maximum atomic E-state index is 10.4. The number of furan rings is 1. The molecule has 0 aliphatic carbocycles. The molecule has 1 aromatic rings. The van der Waals surface area contributed by atoms with Crippen LogP contribution in [-0.4, -0.2) is 42.8 Å². The Morgan fingerprint density at radius 3 is 2.95 bits per heavy atom. The molecular formula is C13H19N2O2S2+. The minimum absolute atomic E-state index is 0.176. The molecule has 0 spiro atoms. The Hall–Kier alpha value is -1.01. The molecule has 6 heteroatoms. The summed E-state index contributed by atoms with van der Waals surface area (Å²) in [6.07, 6.45) is 3.99. The first-order chi connectivity index (χ1) is 8.95. The van der Waals surface area contributed by atoms with Gasteiger partial charge in [-0.1, -0.05) is 30.9 Å². The van der Waals surface area contributed by atoms with Gasteiger partial charge in [0.1, 0.15) is 9.07 Å². The lowest BCUT2D eigenvalue weighted by atomic mass is 10.1. The second-order valence-corrected chi connectivity index (χ2v) is 7.35. The highest BCUT2D eigenvalue weighted by atomic mass is 32.2. The van der Waals surface area contributed by atoms with Gasteiger partial charge in [0.25, 0.3) is 12.4 Å². The minimum atomic E-state index is -0.185. The summed E-state index contributed by atoms with van der Waals surface area (Å²) in [6, 6.07) is 3.60. The Bertz CT molecular complexity index is 483. The first kappa shape index (κ1) is 14.4. The van der Waals surface area contributed by atoms with E-state index in [1.807, 2.05) is 0 Å². The lowest BCUT2D eigenvalue weighted by Gasteiger charge is -2.24. The quantitative estimate of drug-likeness (QED) is 0.304. The molecule has 2 heterocycles. The Labute approximate surface area is 123 Å². The van der Waals surface area contributed by atoms with E-state index in [0.717, 1.165) is 17.3 Å². The maximum absolute atomic E-state index is 10.4. The molecule has 1 fully saturated rings. The van der Waals surface area contributed by atoms with Crippen molar-refractivity contribution in [3.63, 3.8) is 0 Å². The van der Waals surface area contributed by atoms with Crippen LogP contribution in [0.2, 0.25) is 0 Å². The van der Waals surface area contributed by atoms with Gasteiger partial charge in [-0.25, -0.2) is 0 Å². The Morgan fingerprint density at radius 2 is 2.37 bits per heavy atom. The number of hydroxylamine groups is 1. The lowest BCUT2D eigenvalue weighted by molar-refractivity contribution is -0.808. The van der Waals surface area contributed by atoms with E-state index in [2.05, 4.69) is 25.7 Å². The number of hydrogen-bond donors (Lipinski definition) is 1. The van der Waals surface area contributed by atoms with Crippen molar-refractivity contribution in [1.82, 2.24) is 4.90 Å². The summed E-state index contributed by atoms with van der Waals surface area (Å²) in [5.41, 5.74) is 0. The van der Waals surface area contributed by atoms with Crippen molar-refractivity contribution in [2.24, 2.45) is 0 Å². The molecule has 1 aliphatic heterocycles. The minimum Gasteiger partial charge on any atom is -0.459 e. The van der Waals surface area contributed by atoms with E-state index in [4.69, 9.17) is 16.6 Å². The van der Waals surface area contributed by atoms with Crippen molar-refractivity contribution in [1.29, 1.82) is 0 Å². The van der Waals surface area contributed by atoms with Crippen LogP contribution in [0, 0.1) is 0 Å². The molecule has 2 rings (SSSR count). The largest absolute Gasteiger partial charge is 0.459 e. The maximum Gasteiger partial charge on any atom is 0.292 e. The Morgan fingerprint density at radius 1 is 1.63 bits per heavy atom. The summed E-state index contributed by atoms with van der Waals surface area (Å²) in [6.45, 7) is 7.11. The summed E-state index contributed by atoms with van der Waals surface area (Å²) < 4.78 is 7.11. The van der Waals surface area contributed by atoms with E-state index < -0.39 is 0 Å². The predicted octanol–water partition coefficient (Wildman–Crippen LogP) is 2.95. The SMILES string of the molecule is CCCN1C(=S)SC(C)(C)C1[N+](O)=Cc1ccco1. The molecule has 1 N–H and O–H groups in total. The number of nitrogens with zero attached hydrogens (tertiary/aromatic N) is 2. The van der Waals surface area contributed by atoms with Gasteiger partial charge in [0.2, 0.25) is 0 Å². The molecule has 1 aromatic heterocycles. The normalized spacial score (nSPS) is 23.1. The molecule has 1 unspecified atom stereocenters. The second-order valence-electron chi connectivity index (χ2n) is 5.06. The summed E-state index contributed by atoms with van der Waals surface area (Å²) in [7, 11) is 0. The van der Waals surface area contributed by atoms with Crippen LogP contribution in [0.15, 0.2) is 22.8 Å². The molecule has 1 saturated heterocycles. The van der Waals surface area contributed by atoms with E-state index >= 15 is 0 Å². The zero-order chi connectivity index (χ0) is 14.0. The van der Waals surface area contributed by atoms with Gasteiger partial charge in [0.05, 0.1) is 6.26 Å². The fourth-order valence-electron chi connectivity index (χ4n) is 2.29. The van der Waals surface area contributed by atoms with Crippen molar-refractivity contribution in [3.05, 3.63) is 24.2 Å². The monoisotopic (exact) mass is 299 g/mol. The van der Waals surface area contributed by atoms with Gasteiger partial charge in [-0.2, -0.15) is 0 Å². The highest BCUT2D eigenvalue weighted by molar-refractivity contribution is 8.24. The fourth-order valence-corrected chi connectivity index (χ4v) is 4.23. The first-order valence-electron chi connectivity index (χ1n) is 6.31. The van der Waals surface area contributed by atoms with Crippen molar-refractivity contribution in [2.45, 2.75) is 38.1 Å². The van der Waals surface area contributed by atoms with E-state index in [-0.39, 0.29) is 10.9 Å². The first-order valence-corrected chi connectivity index (χ1v) is 7.53. The molecule has 0 bridgehead atoms. The average Bonchev–Trinajstić information content (AvgIpc) is 2.86. The summed E-state index contributed by atoms with van der Waals surface area (Å²) in [4.78, 5) is 2.07. The van der Waals surface area contributed by atoms with Crippen molar-refractivity contribution >= 4 is 34.5 Å². The van der Waals surface area contributed by atoms with Crippen molar-refractivity contribution in [2.75, 3.05) is 6.54 Å². The van der Waals surface area contributed by atoms with E-state index in [1.165, 1.54) is 4.74 Å². The zero-order valence-corrected chi connectivity index (χ0v) is 13.0. The zero-order valence-electron chi connectivity index (χ0n) is 11.4. The molecular weight excluding hydrogens is 280 g/mol. The van der Waals surface area contributed by atoms with Crippen LogP contribution in [0.3, 0.4) is 0 Å². The number of hydrogen-bond acceptors (Lipinski definition) is 4. The molecule has 0 amide bonds. The lowest BCUT2D eigenvalue weighted by Crippen LogP contribution is -2.48. The smallest absolute Gasteiger partial charge is 0.292 e. The molecule has 0 radical (unpaired) electrons. The van der Waals surface area contributed by atoms with Crippen LogP contribution in [0.1, 0.15) is 33.0 Å². The van der Waals surface area contributed by atoms with Gasteiger partial charge in [-0.3, -0.25) is 10.1 Å². The summed E-state index contributed by atoms with van der Waals surface area (Å²) in [5.74, 6) is 0.623. The Balaban J connectivity index is 2.30. The topological polar surface area (TPSA) is 39.6 Å². The molecule has 0 saturated carbocycles. The summed E-state index contributed by atoms with van der Waals surface area (Å²) >= 11 is 7.04. The Kier molecular flexibility index (Phi) is 4.20. The third-order valence-electron chi connectivity index (χ3n) is 3.02. The fraction of sp³-hybridized carbons (Fsp3) is 0.538. The second kappa shape index (κ2) is 5.54. The van der Waals surface area contributed by atoms with E-state index in [9.17, 15) is 5.21 Å². The molecule has 0 aromatic carbocycles. The molecule has 1 atom stereocenters. The van der Waals surface area contributed by atoms with Crippen LogP contribution < -0.4 is 0 Å². The van der Waals surface area contributed by atoms with Gasteiger partial charge in [-0.15, -0.1) is 0 Å². The van der Waals surface area contributed by atoms with Crippen LogP contribution in [0.25, 0.3) is 0 Å². The standard InChI is InChI=1S/C13H19N2O2S2/c1-4-7-14-11(13(2,3)19-12(14)18)15(16)9-10-6-5-8-17-10/h5-6,8-9,11,16H,4,7H2,1-3H3/q+1. The number of thioether (sulfide) groups is 1. The molecule has 104 valence electrons. The van der Waals surface area contributed by atoms with Gasteiger partial charge >= 0.3 is 0 Å². The van der Waals surface area contributed by atoms with Gasteiger partial charge < -0.3 is 4.42 Å². The summed E-state index contributed by atoms with van der Waals surface area (Å²) in [5, 5.41) is 10.4. The van der Waals surface area contributed by atoms with Gasteiger partial charge in [0, 0.05) is 6.54 Å². The third-order valence-corrected chi connectivity index (χ3v) is 4.65. The molecule has 1 aliphatic rings. The van der Waals surface area contributed by atoms with Crippen molar-refractivity contribution in [3.8, 4) is 0 Å². The third kappa shape index (κ3) is 2.95.